The molecule has 9 heteroatoms. The van der Waals surface area contributed by atoms with E-state index in [2.05, 4.69) is 48.5 Å². The van der Waals surface area contributed by atoms with Crippen molar-refractivity contribution < 1.29 is 44.2 Å². The first-order valence-corrected chi connectivity index (χ1v) is 24.7. The van der Waals surface area contributed by atoms with Gasteiger partial charge in [-0.2, -0.15) is 0 Å². The summed E-state index contributed by atoms with van der Waals surface area (Å²) in [5, 5.41) is 41.5. The van der Waals surface area contributed by atoms with Gasteiger partial charge in [0.2, 0.25) is 0 Å². The first-order chi connectivity index (χ1) is 28.1. The predicted octanol–water partition coefficient (Wildman–Crippen LogP) is 10.1. The molecule has 0 unspecified atom stereocenters. The average Bonchev–Trinajstić information content (AvgIpc) is 3.50. The number of aliphatic hydroxyl groups excluding tert-OH is 4. The average molecular weight is 831 g/mol. The zero-order chi connectivity index (χ0) is 42.6. The molecule has 6 rings (SSSR count). The number of allylic oxidation sites excluding steroid dienone is 1. The summed E-state index contributed by atoms with van der Waals surface area (Å²) in [7, 11) is 0. The molecule has 9 nitrogen and oxygen atoms in total. The fourth-order valence-electron chi connectivity index (χ4n) is 13.4. The Hall–Kier alpha value is -1.07. The van der Waals surface area contributed by atoms with Crippen LogP contribution in [-0.4, -0.2) is 81.0 Å². The summed E-state index contributed by atoms with van der Waals surface area (Å²) in [4.78, 5) is 13.7. The second-order valence-corrected chi connectivity index (χ2v) is 21.7. The van der Waals surface area contributed by atoms with Crippen LogP contribution in [0.3, 0.4) is 0 Å². The number of rotatable bonds is 22. The fourth-order valence-corrected chi connectivity index (χ4v) is 13.4. The van der Waals surface area contributed by atoms with E-state index in [1.807, 2.05) is 0 Å². The van der Waals surface area contributed by atoms with Crippen molar-refractivity contribution in [3.63, 3.8) is 0 Å². The Bertz CT molecular complexity index is 1400. The molecule has 4 N–H and O–H groups in total. The lowest BCUT2D eigenvalue weighted by atomic mass is 9.46. The Labute approximate surface area is 358 Å². The number of hydrogen-bond acceptors (Lipinski definition) is 9. The number of aliphatic hydroxyl groups is 4. The standard InChI is InChI=1S/C50H86O9/c1-8-9-10-11-12-13-14-15-16-17-18-19-20-21-42(52)57-40-31-35-37-23-22-36(33(2)24-29-50(7)47(3,4)59-50)48(37,5)28-26-38(35)49(6)27-25-34(30-39(40)49)56-46-45(55)44(54)43(53)41(32-51)58-46/h33-38,41,43-46,51,53-55H,8-32H2,1-7H3/t33-,34+,35+,36-,37+,38+,41-,43-,44+,45-,46-,48-,49-,50+/m1/s1. The molecule has 0 spiro atoms. The molecule has 2 saturated heterocycles. The normalized spacial score (nSPS) is 40.6. The second kappa shape index (κ2) is 20.2. The van der Waals surface area contributed by atoms with Crippen molar-refractivity contribution in [2.24, 2.45) is 40.4 Å². The topological polar surface area (TPSA) is 138 Å². The summed E-state index contributed by atoms with van der Waals surface area (Å²) in [6.45, 7) is 16.0. The molecule has 0 aromatic heterocycles. The third-order valence-corrected chi connectivity index (χ3v) is 17.6. The maximum atomic E-state index is 13.7. The molecule has 4 aliphatic carbocycles. The van der Waals surface area contributed by atoms with Gasteiger partial charge in [-0.25, -0.2) is 0 Å². The Morgan fingerprint density at radius 1 is 0.780 bits per heavy atom. The van der Waals surface area contributed by atoms with E-state index < -0.39 is 37.3 Å². The van der Waals surface area contributed by atoms with Crippen LogP contribution in [0.4, 0.5) is 0 Å². The number of ether oxygens (including phenoxy) is 4. The van der Waals surface area contributed by atoms with Gasteiger partial charge in [0.1, 0.15) is 30.2 Å². The van der Waals surface area contributed by atoms with Crippen LogP contribution in [0.2, 0.25) is 0 Å². The molecule has 6 aliphatic rings. The quantitative estimate of drug-likeness (QED) is 0.0477. The van der Waals surface area contributed by atoms with Gasteiger partial charge < -0.3 is 39.4 Å². The summed E-state index contributed by atoms with van der Waals surface area (Å²) < 4.78 is 24.9. The molecule has 0 amide bonds. The lowest BCUT2D eigenvalue weighted by Gasteiger charge is -2.59. The van der Waals surface area contributed by atoms with E-state index in [1.54, 1.807) is 0 Å². The first kappa shape index (κ1) is 47.4. The van der Waals surface area contributed by atoms with E-state index in [9.17, 15) is 25.2 Å². The fraction of sp³-hybridized carbons (Fsp3) is 0.940. The van der Waals surface area contributed by atoms with Gasteiger partial charge in [-0.1, -0.05) is 105 Å². The van der Waals surface area contributed by atoms with Crippen LogP contribution >= 0.6 is 0 Å². The van der Waals surface area contributed by atoms with E-state index in [-0.39, 0.29) is 34.1 Å². The molecule has 5 fully saturated rings. The summed E-state index contributed by atoms with van der Waals surface area (Å²) in [5.41, 5.74) is 1.30. The lowest BCUT2D eigenvalue weighted by Crippen LogP contribution is -2.60. The first-order valence-electron chi connectivity index (χ1n) is 24.7. The number of esters is 1. The van der Waals surface area contributed by atoms with Gasteiger partial charge in [0, 0.05) is 12.8 Å². The highest BCUT2D eigenvalue weighted by molar-refractivity contribution is 5.70. The Balaban J connectivity index is 1.10. The molecule has 0 aromatic rings. The molecular weight excluding hydrogens is 745 g/mol. The van der Waals surface area contributed by atoms with Crippen molar-refractivity contribution in [1.82, 2.24) is 0 Å². The van der Waals surface area contributed by atoms with Crippen LogP contribution in [0, 0.1) is 40.4 Å². The van der Waals surface area contributed by atoms with Crippen molar-refractivity contribution in [2.45, 2.75) is 251 Å². The number of carbonyl (C=O) groups is 1. The minimum absolute atomic E-state index is 0.00588. The van der Waals surface area contributed by atoms with Crippen molar-refractivity contribution in [1.29, 1.82) is 0 Å². The van der Waals surface area contributed by atoms with Crippen LogP contribution in [0.25, 0.3) is 0 Å². The molecule has 340 valence electrons. The van der Waals surface area contributed by atoms with Gasteiger partial charge in [-0.05, 0) is 131 Å². The van der Waals surface area contributed by atoms with E-state index in [4.69, 9.17) is 18.9 Å². The van der Waals surface area contributed by atoms with Crippen molar-refractivity contribution >= 4 is 5.97 Å². The van der Waals surface area contributed by atoms with Gasteiger partial charge in [-0.3, -0.25) is 4.79 Å². The molecule has 2 aliphatic heterocycles. The molecule has 59 heavy (non-hydrogen) atoms. The Morgan fingerprint density at radius 3 is 2.02 bits per heavy atom. The number of hydrogen-bond donors (Lipinski definition) is 4. The van der Waals surface area contributed by atoms with Crippen LogP contribution in [-0.2, 0) is 23.7 Å². The molecule has 0 aromatic carbocycles. The van der Waals surface area contributed by atoms with Crippen LogP contribution < -0.4 is 0 Å². The molecular formula is C50H86O9. The molecule has 0 bridgehead atoms. The van der Waals surface area contributed by atoms with E-state index in [1.165, 1.54) is 108 Å². The third kappa shape index (κ3) is 10.5. The molecule has 14 atom stereocenters. The third-order valence-electron chi connectivity index (χ3n) is 17.6. The van der Waals surface area contributed by atoms with Crippen LogP contribution in [0.15, 0.2) is 11.3 Å². The van der Waals surface area contributed by atoms with Gasteiger partial charge >= 0.3 is 5.97 Å². The van der Waals surface area contributed by atoms with Gasteiger partial charge in [-0.15, -0.1) is 0 Å². The predicted molar refractivity (Wildman–Crippen MR) is 231 cm³/mol. The largest absolute Gasteiger partial charge is 0.431 e. The smallest absolute Gasteiger partial charge is 0.310 e. The van der Waals surface area contributed by atoms with Crippen molar-refractivity contribution in [3.8, 4) is 0 Å². The minimum atomic E-state index is -1.48. The maximum absolute atomic E-state index is 13.7. The SMILES string of the molecule is CCCCCCCCCCCCCCCC(=O)OC1=C2C[C@@H](O[C@@H]3O[C@H](CO)[C@@H](O)[C@H](O)[C@H]3O)CC[C@]2(C)[C@H]2CC[C@]3(C)[C@@H]([C@H](C)CC[C@]4(C)OC4(C)C)CC[C@H]3[C@@H]2C1. The van der Waals surface area contributed by atoms with E-state index >= 15 is 0 Å². The monoisotopic (exact) mass is 831 g/mol. The van der Waals surface area contributed by atoms with Crippen LogP contribution in [0.5, 0.6) is 0 Å². The highest BCUT2D eigenvalue weighted by Gasteiger charge is 2.62. The van der Waals surface area contributed by atoms with Gasteiger partial charge in [0.15, 0.2) is 6.29 Å². The van der Waals surface area contributed by atoms with Crippen molar-refractivity contribution in [2.75, 3.05) is 6.61 Å². The van der Waals surface area contributed by atoms with E-state index in [0.717, 1.165) is 44.3 Å². The highest BCUT2D eigenvalue weighted by Crippen LogP contribution is 2.68. The van der Waals surface area contributed by atoms with E-state index in [0.29, 0.717) is 42.4 Å². The summed E-state index contributed by atoms with van der Waals surface area (Å²) in [6, 6.07) is 0. The summed E-state index contributed by atoms with van der Waals surface area (Å²) in [6.07, 6.45) is 20.2. The minimum Gasteiger partial charge on any atom is -0.431 e. The number of carbonyl (C=O) groups excluding carboxylic acids is 1. The molecule has 3 saturated carbocycles. The molecule has 2 heterocycles. The maximum Gasteiger partial charge on any atom is 0.310 e. The van der Waals surface area contributed by atoms with Crippen LogP contribution in [0.1, 0.15) is 203 Å². The number of unbranched alkanes of at least 4 members (excludes halogenated alkanes) is 12. The second-order valence-electron chi connectivity index (χ2n) is 21.7. The zero-order valence-electron chi connectivity index (χ0n) is 38.4. The number of epoxide rings is 1. The Morgan fingerprint density at radius 2 is 1.41 bits per heavy atom. The summed E-state index contributed by atoms with van der Waals surface area (Å²) in [5.74, 6) is 3.61. The Kier molecular flexibility index (Phi) is 16.2. The lowest BCUT2D eigenvalue weighted by molar-refractivity contribution is -0.313. The highest BCUT2D eigenvalue weighted by atomic mass is 16.7. The molecule has 0 radical (unpaired) electrons. The summed E-state index contributed by atoms with van der Waals surface area (Å²) >= 11 is 0. The number of fused-ring (bicyclic) bond motifs is 5. The van der Waals surface area contributed by atoms with Gasteiger partial charge in [0.25, 0.3) is 0 Å². The van der Waals surface area contributed by atoms with Gasteiger partial charge in [0.05, 0.1) is 23.9 Å². The zero-order valence-corrected chi connectivity index (χ0v) is 38.4. The van der Waals surface area contributed by atoms with Crippen molar-refractivity contribution in [3.05, 3.63) is 11.3 Å².